The second kappa shape index (κ2) is 6.16. The molecule has 1 saturated heterocycles. The third kappa shape index (κ3) is 2.59. The summed E-state index contributed by atoms with van der Waals surface area (Å²) in [7, 11) is 1.86. The molecule has 1 saturated carbocycles. The van der Waals surface area contributed by atoms with Crippen LogP contribution in [0.4, 0.5) is 11.5 Å². The highest BCUT2D eigenvalue weighted by Gasteiger charge is 2.60. The number of nitrogens with one attached hydrogen (secondary N) is 2. The number of anilines is 2. The average Bonchev–Trinajstić information content (AvgIpc) is 3.26. The molecule has 1 aliphatic carbocycles. The van der Waals surface area contributed by atoms with Gasteiger partial charge in [0, 0.05) is 42.0 Å². The summed E-state index contributed by atoms with van der Waals surface area (Å²) in [5.41, 5.74) is 8.87. The quantitative estimate of drug-likeness (QED) is 0.459. The number of H-pyrrole nitrogens is 1. The summed E-state index contributed by atoms with van der Waals surface area (Å²) in [5, 5.41) is 5.72. The summed E-state index contributed by atoms with van der Waals surface area (Å²) >= 11 is 6.39. The number of hydrogen-bond donors (Lipinski definition) is 3. The van der Waals surface area contributed by atoms with Crippen molar-refractivity contribution in [3.63, 3.8) is 0 Å². The number of nitrogens with zero attached hydrogens (tertiary/aromatic N) is 5. The summed E-state index contributed by atoms with van der Waals surface area (Å²) in [6, 6.07) is 4.33. The molecule has 1 unspecified atom stereocenters. The SMILES string of the molecule is CNc1cc(Cl)cc2c1[nH]c1nc(Oc3cncnc3)nc(N3CC4(CC4N)C3)c12. The first-order valence-electron chi connectivity index (χ1n) is 9.70. The van der Waals surface area contributed by atoms with Gasteiger partial charge >= 0.3 is 6.01 Å². The summed E-state index contributed by atoms with van der Waals surface area (Å²) in [4.78, 5) is 23.0. The second-order valence-corrected chi connectivity index (χ2v) is 8.45. The molecule has 6 rings (SSSR count). The number of aromatic nitrogens is 5. The van der Waals surface area contributed by atoms with Crippen molar-refractivity contribution in [3.8, 4) is 11.8 Å². The molecule has 1 spiro atoms. The molecule has 1 aliphatic heterocycles. The van der Waals surface area contributed by atoms with Crippen LogP contribution in [0.2, 0.25) is 5.02 Å². The zero-order valence-electron chi connectivity index (χ0n) is 16.2. The van der Waals surface area contributed by atoms with Crippen LogP contribution in [0.3, 0.4) is 0 Å². The van der Waals surface area contributed by atoms with Gasteiger partial charge in [0.1, 0.15) is 17.8 Å². The Hall–Kier alpha value is -3.17. The molecule has 1 atom stereocenters. The minimum Gasteiger partial charge on any atom is -0.421 e. The van der Waals surface area contributed by atoms with Gasteiger partial charge in [-0.25, -0.2) is 9.97 Å². The van der Waals surface area contributed by atoms with Crippen LogP contribution in [0.5, 0.6) is 11.8 Å². The van der Waals surface area contributed by atoms with Crippen LogP contribution in [-0.4, -0.2) is 51.1 Å². The standard InChI is InChI=1S/C20H19ClN8O/c1-23-13-3-10(21)2-12-15-17(26-16(12)13)27-19(30-11-5-24-9-25-6-11)28-18(15)29-7-20(8-29)4-14(20)22/h2-3,5-6,9,14,23H,4,7-8,22H2,1H3,(H,26,27,28). The summed E-state index contributed by atoms with van der Waals surface area (Å²) in [6.07, 6.45) is 5.66. The van der Waals surface area contributed by atoms with Gasteiger partial charge in [-0.05, 0) is 18.6 Å². The molecule has 1 aromatic carbocycles. The van der Waals surface area contributed by atoms with Crippen LogP contribution in [-0.2, 0) is 0 Å². The van der Waals surface area contributed by atoms with Gasteiger partial charge in [0.2, 0.25) is 0 Å². The molecule has 4 aromatic rings. The Balaban J connectivity index is 1.53. The minimum atomic E-state index is 0.228. The van der Waals surface area contributed by atoms with Crippen LogP contribution in [0.25, 0.3) is 21.9 Å². The van der Waals surface area contributed by atoms with Gasteiger partial charge in [-0.15, -0.1) is 0 Å². The monoisotopic (exact) mass is 422 g/mol. The molecule has 9 nitrogen and oxygen atoms in total. The van der Waals surface area contributed by atoms with Crippen molar-refractivity contribution in [3.05, 3.63) is 35.9 Å². The number of benzene rings is 1. The normalized spacial score (nSPS) is 19.3. The maximum atomic E-state index is 6.39. The molecule has 0 amide bonds. The molecular formula is C20H19ClN8O. The van der Waals surface area contributed by atoms with Crippen LogP contribution in [0.15, 0.2) is 30.9 Å². The lowest BCUT2D eigenvalue weighted by Gasteiger charge is -2.41. The lowest BCUT2D eigenvalue weighted by atomic mass is 9.95. The predicted octanol–water partition coefficient (Wildman–Crippen LogP) is 2.93. The largest absolute Gasteiger partial charge is 0.421 e. The summed E-state index contributed by atoms with van der Waals surface area (Å²) in [5.74, 6) is 1.29. The Kier molecular flexibility index (Phi) is 3.63. The Morgan fingerprint density at radius 2 is 2.03 bits per heavy atom. The van der Waals surface area contributed by atoms with Gasteiger partial charge < -0.3 is 25.7 Å². The molecule has 3 aromatic heterocycles. The van der Waals surface area contributed by atoms with Crippen molar-refractivity contribution >= 4 is 45.0 Å². The van der Waals surface area contributed by atoms with Crippen LogP contribution < -0.4 is 20.7 Å². The van der Waals surface area contributed by atoms with E-state index in [1.807, 2.05) is 19.2 Å². The average molecular weight is 423 g/mol. The van der Waals surface area contributed by atoms with Crippen LogP contribution >= 0.6 is 11.6 Å². The van der Waals surface area contributed by atoms with Gasteiger partial charge in [-0.2, -0.15) is 9.97 Å². The van der Waals surface area contributed by atoms with Crippen molar-refractivity contribution in [1.29, 1.82) is 0 Å². The van der Waals surface area contributed by atoms with E-state index in [1.165, 1.54) is 6.33 Å². The number of aromatic amines is 1. The maximum absolute atomic E-state index is 6.39. The van der Waals surface area contributed by atoms with Crippen LogP contribution in [0.1, 0.15) is 6.42 Å². The molecule has 30 heavy (non-hydrogen) atoms. The molecule has 10 heteroatoms. The second-order valence-electron chi connectivity index (χ2n) is 8.01. The lowest BCUT2D eigenvalue weighted by molar-refractivity contribution is 0.368. The molecule has 4 heterocycles. The smallest absolute Gasteiger partial charge is 0.326 e. The predicted molar refractivity (Wildman–Crippen MR) is 115 cm³/mol. The van der Waals surface area contributed by atoms with Gasteiger partial charge in [-0.1, -0.05) is 11.6 Å². The van der Waals surface area contributed by atoms with E-state index in [4.69, 9.17) is 27.1 Å². The van der Waals surface area contributed by atoms with Gasteiger partial charge in [0.15, 0.2) is 5.75 Å². The summed E-state index contributed by atoms with van der Waals surface area (Å²) in [6.45, 7) is 1.75. The van der Waals surface area contributed by atoms with E-state index in [2.05, 4.69) is 30.2 Å². The van der Waals surface area contributed by atoms with Crippen molar-refractivity contribution in [2.75, 3.05) is 30.4 Å². The van der Waals surface area contributed by atoms with E-state index < -0.39 is 0 Å². The highest BCUT2D eigenvalue weighted by Crippen LogP contribution is 2.54. The van der Waals surface area contributed by atoms with E-state index in [9.17, 15) is 0 Å². The van der Waals surface area contributed by atoms with E-state index in [0.717, 1.165) is 47.3 Å². The molecule has 0 radical (unpaired) electrons. The Bertz CT molecular complexity index is 1280. The van der Waals surface area contributed by atoms with Gasteiger partial charge in [0.25, 0.3) is 0 Å². The fourth-order valence-electron chi connectivity index (χ4n) is 4.35. The third-order valence-corrected chi connectivity index (χ3v) is 6.28. The Morgan fingerprint density at radius 3 is 2.73 bits per heavy atom. The van der Waals surface area contributed by atoms with E-state index in [-0.39, 0.29) is 17.5 Å². The van der Waals surface area contributed by atoms with Crippen molar-refractivity contribution in [1.82, 2.24) is 24.9 Å². The molecule has 152 valence electrons. The number of rotatable bonds is 4. The third-order valence-electron chi connectivity index (χ3n) is 6.06. The van der Waals surface area contributed by atoms with Gasteiger partial charge in [-0.3, -0.25) is 0 Å². The molecular weight excluding hydrogens is 404 g/mol. The molecule has 0 bridgehead atoms. The number of ether oxygens (including phenoxy) is 1. The molecule has 4 N–H and O–H groups in total. The Morgan fingerprint density at radius 1 is 1.27 bits per heavy atom. The highest BCUT2D eigenvalue weighted by atomic mass is 35.5. The van der Waals surface area contributed by atoms with E-state index >= 15 is 0 Å². The fourth-order valence-corrected chi connectivity index (χ4v) is 4.56. The fraction of sp³-hybridized carbons (Fsp3) is 0.300. The Labute approximate surface area is 176 Å². The van der Waals surface area contributed by atoms with E-state index in [0.29, 0.717) is 16.4 Å². The lowest BCUT2D eigenvalue weighted by Crippen LogP contribution is -2.51. The van der Waals surface area contributed by atoms with Gasteiger partial charge in [0.05, 0.1) is 29.0 Å². The first kappa shape index (κ1) is 17.7. The maximum Gasteiger partial charge on any atom is 0.326 e. The number of hydrogen-bond acceptors (Lipinski definition) is 8. The zero-order valence-corrected chi connectivity index (χ0v) is 16.9. The first-order chi connectivity index (χ1) is 14.6. The molecule has 2 fully saturated rings. The number of fused-ring (bicyclic) bond motifs is 3. The summed E-state index contributed by atoms with van der Waals surface area (Å²) < 4.78 is 5.85. The first-order valence-corrected chi connectivity index (χ1v) is 10.1. The molecule has 2 aliphatic rings. The van der Waals surface area contributed by atoms with Crippen LogP contribution in [0, 0.1) is 5.41 Å². The van der Waals surface area contributed by atoms with Crippen molar-refractivity contribution in [2.24, 2.45) is 11.1 Å². The topological polar surface area (TPSA) is 118 Å². The van der Waals surface area contributed by atoms with E-state index in [1.54, 1.807) is 12.4 Å². The number of nitrogens with two attached hydrogens (primary N) is 1. The number of halogens is 1. The van der Waals surface area contributed by atoms with Crippen molar-refractivity contribution in [2.45, 2.75) is 12.5 Å². The highest BCUT2D eigenvalue weighted by molar-refractivity contribution is 6.32. The van der Waals surface area contributed by atoms with Crippen molar-refractivity contribution < 1.29 is 4.74 Å². The zero-order chi connectivity index (χ0) is 20.5. The minimum absolute atomic E-state index is 0.228.